The minimum Gasteiger partial charge on any atom is -0.444 e. The van der Waals surface area contributed by atoms with Crippen molar-refractivity contribution >= 4 is 40.9 Å². The van der Waals surface area contributed by atoms with Gasteiger partial charge in [-0.15, -0.1) is 0 Å². The summed E-state index contributed by atoms with van der Waals surface area (Å²) in [6, 6.07) is 7.30. The standard InChI is InChI=1S/C15H19ClN4O2.C15H21N5O2/c2*1-15(2,3)22-14(21)19-7-5-10(9-19)11-8-12(16)20-13(18-11)4-6-17-20/h4,6,8,10H,5,7,9H2,1-3H3;4,6,8,10H,5,7,9,16H2,1-3H3. The van der Waals surface area contributed by atoms with E-state index < -0.39 is 11.2 Å². The Bertz CT molecular complexity index is 1530. The molecular formula is C30H40ClN9O4. The number of fused-ring (bicyclic) bond motifs is 2. The van der Waals surface area contributed by atoms with E-state index in [-0.39, 0.29) is 24.0 Å². The summed E-state index contributed by atoms with van der Waals surface area (Å²) < 4.78 is 14.0. The van der Waals surface area contributed by atoms with Gasteiger partial charge in [-0.05, 0) is 60.5 Å². The number of aromatic nitrogens is 6. The second-order valence-electron chi connectivity index (χ2n) is 13.1. The molecule has 6 rings (SSSR count). The molecule has 2 aliphatic heterocycles. The molecule has 14 heteroatoms. The molecule has 13 nitrogen and oxygen atoms in total. The predicted octanol–water partition coefficient (Wildman–Crippen LogP) is 5.14. The molecule has 0 aliphatic carbocycles. The van der Waals surface area contributed by atoms with E-state index in [0.29, 0.717) is 37.1 Å². The summed E-state index contributed by atoms with van der Waals surface area (Å²) in [5.41, 5.74) is 8.29. The molecule has 0 bridgehead atoms. The first kappa shape index (κ1) is 31.3. The van der Waals surface area contributed by atoms with Crippen LogP contribution in [0.3, 0.4) is 0 Å². The van der Waals surface area contributed by atoms with E-state index in [0.717, 1.165) is 35.5 Å². The maximum absolute atomic E-state index is 12.1. The molecular weight excluding hydrogens is 586 g/mol. The van der Waals surface area contributed by atoms with Crippen molar-refractivity contribution in [1.82, 2.24) is 39.0 Å². The molecule has 2 atom stereocenters. The molecule has 0 aromatic carbocycles. The third-order valence-electron chi connectivity index (χ3n) is 7.26. The van der Waals surface area contributed by atoms with Gasteiger partial charge >= 0.3 is 12.2 Å². The molecule has 2 aliphatic rings. The van der Waals surface area contributed by atoms with Crippen molar-refractivity contribution in [2.75, 3.05) is 31.9 Å². The summed E-state index contributed by atoms with van der Waals surface area (Å²) in [6.45, 7) is 13.8. The number of anilines is 1. The van der Waals surface area contributed by atoms with Crippen molar-refractivity contribution in [3.8, 4) is 0 Å². The van der Waals surface area contributed by atoms with Crippen molar-refractivity contribution in [2.24, 2.45) is 0 Å². The monoisotopic (exact) mass is 625 g/mol. The Morgan fingerprint density at radius 1 is 0.795 bits per heavy atom. The first-order valence-electron chi connectivity index (χ1n) is 14.7. The minimum atomic E-state index is -0.479. The van der Waals surface area contributed by atoms with E-state index in [9.17, 15) is 9.59 Å². The lowest BCUT2D eigenvalue weighted by Gasteiger charge is -2.24. The van der Waals surface area contributed by atoms with Crippen LogP contribution in [0, 0.1) is 0 Å². The molecule has 2 saturated heterocycles. The quantitative estimate of drug-likeness (QED) is 0.299. The summed E-state index contributed by atoms with van der Waals surface area (Å²) in [5.74, 6) is 0.903. The Morgan fingerprint density at radius 2 is 1.25 bits per heavy atom. The number of rotatable bonds is 2. The Labute approximate surface area is 261 Å². The van der Waals surface area contributed by atoms with Crippen molar-refractivity contribution in [3.05, 3.63) is 53.2 Å². The van der Waals surface area contributed by atoms with E-state index in [2.05, 4.69) is 20.2 Å². The summed E-state index contributed by atoms with van der Waals surface area (Å²) in [5, 5.41) is 8.75. The number of likely N-dealkylation sites (tertiary alicyclic amines) is 2. The average molecular weight is 626 g/mol. The summed E-state index contributed by atoms with van der Waals surface area (Å²) in [4.78, 5) is 36.9. The molecule has 0 radical (unpaired) electrons. The third-order valence-corrected chi connectivity index (χ3v) is 7.53. The van der Waals surface area contributed by atoms with Gasteiger partial charge in [0.05, 0.1) is 23.8 Å². The number of hydrogen-bond donors (Lipinski definition) is 1. The summed E-state index contributed by atoms with van der Waals surface area (Å²) >= 11 is 6.22. The van der Waals surface area contributed by atoms with Gasteiger partial charge in [0.15, 0.2) is 11.3 Å². The Balaban J connectivity index is 0.000000175. The smallest absolute Gasteiger partial charge is 0.410 e. The first-order chi connectivity index (χ1) is 20.7. The highest BCUT2D eigenvalue weighted by Crippen LogP contribution is 2.30. The SMILES string of the molecule is CC(C)(C)OC(=O)N1CCC(c2cc(Cl)n3nccc3n2)C1.CC(C)(C)OC(=O)N1CCC(c2cc(N)n3nccc3n2)C1. The molecule has 0 saturated carbocycles. The molecule has 2 amide bonds. The van der Waals surface area contributed by atoms with Crippen LogP contribution in [0.5, 0.6) is 0 Å². The number of hydrogen-bond acceptors (Lipinski definition) is 9. The number of amides is 2. The topological polar surface area (TPSA) is 145 Å². The van der Waals surface area contributed by atoms with Gasteiger partial charge in [-0.25, -0.2) is 24.1 Å². The van der Waals surface area contributed by atoms with Gasteiger partial charge in [-0.1, -0.05) is 11.6 Å². The van der Waals surface area contributed by atoms with Crippen molar-refractivity contribution in [1.29, 1.82) is 0 Å². The predicted molar refractivity (Wildman–Crippen MR) is 166 cm³/mol. The number of nitrogens with two attached hydrogens (primary N) is 1. The fraction of sp³-hybridized carbons (Fsp3) is 0.533. The highest BCUT2D eigenvalue weighted by molar-refractivity contribution is 6.29. The zero-order valence-electron chi connectivity index (χ0n) is 26.0. The molecule has 2 N–H and O–H groups in total. The van der Waals surface area contributed by atoms with Gasteiger partial charge < -0.3 is 25.0 Å². The number of nitrogen functional groups attached to an aromatic ring is 1. The van der Waals surface area contributed by atoms with Crippen LogP contribution in [0.4, 0.5) is 15.4 Å². The zero-order valence-corrected chi connectivity index (χ0v) is 26.8. The maximum Gasteiger partial charge on any atom is 0.410 e. The van der Waals surface area contributed by atoms with Crippen LogP contribution in [-0.4, -0.2) is 88.6 Å². The summed E-state index contributed by atoms with van der Waals surface area (Å²) in [6.07, 6.45) is 4.51. The van der Waals surface area contributed by atoms with Gasteiger partial charge in [0.2, 0.25) is 0 Å². The van der Waals surface area contributed by atoms with Crippen molar-refractivity contribution in [3.63, 3.8) is 0 Å². The fourth-order valence-electron chi connectivity index (χ4n) is 5.26. The van der Waals surface area contributed by atoms with Gasteiger partial charge in [0.1, 0.15) is 22.2 Å². The Morgan fingerprint density at radius 3 is 1.75 bits per heavy atom. The third kappa shape index (κ3) is 7.32. The largest absolute Gasteiger partial charge is 0.444 e. The average Bonchev–Trinajstić information content (AvgIpc) is 3.73. The molecule has 4 aromatic rings. The maximum atomic E-state index is 12.1. The second kappa shape index (κ2) is 12.1. The number of nitrogens with zero attached hydrogens (tertiary/aromatic N) is 8. The van der Waals surface area contributed by atoms with Crippen LogP contribution in [0.25, 0.3) is 11.3 Å². The minimum absolute atomic E-state index is 0.171. The molecule has 4 aromatic heterocycles. The van der Waals surface area contributed by atoms with Crippen LogP contribution >= 0.6 is 11.6 Å². The molecule has 2 unspecified atom stereocenters. The fourth-order valence-corrected chi connectivity index (χ4v) is 5.50. The van der Waals surface area contributed by atoms with Gasteiger partial charge in [-0.3, -0.25) is 0 Å². The molecule has 0 spiro atoms. The van der Waals surface area contributed by atoms with Crippen LogP contribution in [0.15, 0.2) is 36.7 Å². The second-order valence-corrected chi connectivity index (χ2v) is 13.5. The Kier molecular flexibility index (Phi) is 8.61. The number of carbonyl (C=O) groups excluding carboxylic acids is 2. The zero-order chi connectivity index (χ0) is 31.8. The van der Waals surface area contributed by atoms with Crippen molar-refractivity contribution < 1.29 is 19.1 Å². The highest BCUT2D eigenvalue weighted by atomic mass is 35.5. The number of carbonyl (C=O) groups is 2. The first-order valence-corrected chi connectivity index (χ1v) is 15.1. The van der Waals surface area contributed by atoms with Gasteiger partial charge in [0, 0.05) is 56.2 Å². The lowest BCUT2D eigenvalue weighted by molar-refractivity contribution is 0.0282. The van der Waals surface area contributed by atoms with Gasteiger partial charge in [-0.2, -0.15) is 14.7 Å². The van der Waals surface area contributed by atoms with Crippen molar-refractivity contribution in [2.45, 2.75) is 77.4 Å². The lowest BCUT2D eigenvalue weighted by Crippen LogP contribution is -2.35. The van der Waals surface area contributed by atoms with Crippen LogP contribution in [-0.2, 0) is 9.47 Å². The van der Waals surface area contributed by atoms with E-state index in [1.807, 2.05) is 65.8 Å². The molecule has 236 valence electrons. The Hall–Kier alpha value is -4.13. The normalized spacial score (nSPS) is 18.9. The van der Waals surface area contributed by atoms with E-state index in [4.69, 9.17) is 26.8 Å². The number of halogens is 1. The van der Waals surface area contributed by atoms with Crippen LogP contribution in [0.1, 0.15) is 77.6 Å². The van der Waals surface area contributed by atoms with E-state index in [1.54, 1.807) is 31.2 Å². The molecule has 2 fully saturated rings. The lowest BCUT2D eigenvalue weighted by atomic mass is 10.0. The van der Waals surface area contributed by atoms with E-state index >= 15 is 0 Å². The molecule has 44 heavy (non-hydrogen) atoms. The molecule has 6 heterocycles. The van der Waals surface area contributed by atoms with E-state index in [1.165, 1.54) is 0 Å². The summed E-state index contributed by atoms with van der Waals surface area (Å²) in [7, 11) is 0. The number of ether oxygens (including phenoxy) is 2. The van der Waals surface area contributed by atoms with Gasteiger partial charge in [0.25, 0.3) is 0 Å². The van der Waals surface area contributed by atoms with Crippen LogP contribution < -0.4 is 5.73 Å². The van der Waals surface area contributed by atoms with Crippen LogP contribution in [0.2, 0.25) is 5.15 Å². The highest BCUT2D eigenvalue weighted by Gasteiger charge is 2.33.